The van der Waals surface area contributed by atoms with Crippen LogP contribution in [0.25, 0.3) is 0 Å². The molecule has 1 unspecified atom stereocenters. The second kappa shape index (κ2) is 28.5. The molecule has 0 bridgehead atoms. The summed E-state index contributed by atoms with van der Waals surface area (Å²) in [6.07, 6.45) is 31.2. The zero-order valence-electron chi connectivity index (χ0n) is 24.3. The minimum absolute atomic E-state index is 0.00680. The maximum Gasteiger partial charge on any atom is 0.306 e. The summed E-state index contributed by atoms with van der Waals surface area (Å²) in [5, 5.41) is 8.75. The van der Waals surface area contributed by atoms with Crippen LogP contribution in [0.3, 0.4) is 0 Å². The first-order valence-electron chi connectivity index (χ1n) is 16.0. The van der Waals surface area contributed by atoms with Crippen LogP contribution in [0.5, 0.6) is 0 Å². The molecule has 0 saturated heterocycles. The molecule has 0 aliphatic carbocycles. The molecule has 0 aliphatic rings. The van der Waals surface area contributed by atoms with Crippen molar-refractivity contribution in [3.8, 4) is 0 Å². The largest absolute Gasteiger partial charge is 0.481 e. The van der Waals surface area contributed by atoms with E-state index in [4.69, 9.17) is 9.84 Å². The van der Waals surface area contributed by atoms with E-state index in [2.05, 4.69) is 13.8 Å². The van der Waals surface area contributed by atoms with E-state index in [9.17, 15) is 9.59 Å². The number of ether oxygens (including phenoxy) is 1. The Morgan fingerprint density at radius 3 is 1.22 bits per heavy atom. The summed E-state index contributed by atoms with van der Waals surface area (Å²) in [5.74, 6) is -0.706. The molecule has 36 heavy (non-hydrogen) atoms. The van der Waals surface area contributed by atoms with Crippen molar-refractivity contribution in [2.24, 2.45) is 0 Å². The topological polar surface area (TPSA) is 63.6 Å². The number of hydrogen-bond donors (Lipinski definition) is 1. The normalized spacial score (nSPS) is 12.1. The number of aliphatic carboxylic acids is 1. The Labute approximate surface area is 224 Å². The van der Waals surface area contributed by atoms with Crippen LogP contribution in [0.4, 0.5) is 0 Å². The van der Waals surface area contributed by atoms with Gasteiger partial charge in [0.05, 0.1) is 0 Å². The van der Waals surface area contributed by atoms with Gasteiger partial charge in [-0.25, -0.2) is 0 Å². The van der Waals surface area contributed by atoms with Gasteiger partial charge in [-0.3, -0.25) is 9.59 Å². The Balaban J connectivity index is 3.96. The van der Waals surface area contributed by atoms with Gasteiger partial charge in [0.2, 0.25) is 0 Å². The number of rotatable bonds is 29. The minimum Gasteiger partial charge on any atom is -0.481 e. The summed E-state index contributed by atoms with van der Waals surface area (Å²) in [7, 11) is 0. The van der Waals surface area contributed by atoms with Gasteiger partial charge in [-0.05, 0) is 38.5 Å². The van der Waals surface area contributed by atoms with Gasteiger partial charge in [-0.15, -0.1) is 0 Å². The van der Waals surface area contributed by atoms with E-state index in [0.29, 0.717) is 6.42 Å². The lowest BCUT2D eigenvalue weighted by molar-refractivity contribution is -0.150. The lowest BCUT2D eigenvalue weighted by Gasteiger charge is -2.18. The van der Waals surface area contributed by atoms with Crippen molar-refractivity contribution in [1.29, 1.82) is 0 Å². The Morgan fingerprint density at radius 1 is 0.500 bits per heavy atom. The fourth-order valence-corrected chi connectivity index (χ4v) is 4.95. The van der Waals surface area contributed by atoms with Crippen molar-refractivity contribution in [2.45, 2.75) is 193 Å². The molecule has 0 aromatic rings. The second-order valence-corrected chi connectivity index (χ2v) is 11.0. The molecular weight excluding hydrogens is 448 g/mol. The van der Waals surface area contributed by atoms with Crippen LogP contribution in [-0.4, -0.2) is 23.1 Å². The summed E-state index contributed by atoms with van der Waals surface area (Å²) in [5.41, 5.74) is 0. The lowest BCUT2D eigenvalue weighted by Crippen LogP contribution is -2.18. The number of hydrogen-bond acceptors (Lipinski definition) is 3. The average molecular weight is 511 g/mol. The Morgan fingerprint density at radius 2 is 0.833 bits per heavy atom. The fraction of sp³-hybridized carbons (Fsp3) is 0.938. The van der Waals surface area contributed by atoms with Gasteiger partial charge in [0.1, 0.15) is 6.10 Å². The van der Waals surface area contributed by atoms with Crippen LogP contribution < -0.4 is 0 Å². The minimum atomic E-state index is -0.700. The number of carbonyl (C=O) groups excluding carboxylic acids is 1. The third-order valence-electron chi connectivity index (χ3n) is 7.33. The van der Waals surface area contributed by atoms with Gasteiger partial charge in [0, 0.05) is 12.8 Å². The summed E-state index contributed by atoms with van der Waals surface area (Å²) < 4.78 is 5.91. The van der Waals surface area contributed by atoms with Crippen molar-refractivity contribution >= 4 is 11.9 Å². The number of carboxylic acids is 1. The van der Waals surface area contributed by atoms with Gasteiger partial charge in [-0.1, -0.05) is 136 Å². The average Bonchev–Trinajstić information content (AvgIpc) is 2.85. The summed E-state index contributed by atoms with van der Waals surface area (Å²) in [6, 6.07) is 0. The van der Waals surface area contributed by atoms with Crippen molar-refractivity contribution < 1.29 is 19.4 Å². The Hall–Kier alpha value is -1.06. The van der Waals surface area contributed by atoms with Crippen LogP contribution in [-0.2, 0) is 14.3 Å². The first kappa shape index (κ1) is 34.9. The van der Waals surface area contributed by atoms with Gasteiger partial charge in [-0.2, -0.15) is 0 Å². The van der Waals surface area contributed by atoms with Crippen LogP contribution in [0.2, 0.25) is 0 Å². The maximum atomic E-state index is 12.4. The van der Waals surface area contributed by atoms with Crippen molar-refractivity contribution in [2.75, 3.05) is 0 Å². The summed E-state index contributed by atoms with van der Waals surface area (Å²) in [4.78, 5) is 23.0. The highest BCUT2D eigenvalue weighted by Crippen LogP contribution is 2.19. The first-order valence-corrected chi connectivity index (χ1v) is 16.0. The third kappa shape index (κ3) is 27.5. The van der Waals surface area contributed by atoms with E-state index in [1.807, 2.05) is 0 Å². The summed E-state index contributed by atoms with van der Waals surface area (Å²) >= 11 is 0. The predicted octanol–water partition coefficient (Wildman–Crippen LogP) is 10.6. The van der Waals surface area contributed by atoms with Crippen LogP contribution >= 0.6 is 0 Å². The standard InChI is InChI=1S/C32H62O4/c1-3-5-7-9-10-11-12-13-14-15-16-19-22-26-30(27-23-20-17-21-24-28-31(33)34)36-32(35)29-25-18-8-6-4-2/h30H,3-29H2,1-2H3,(H,33,34). The summed E-state index contributed by atoms with van der Waals surface area (Å²) in [6.45, 7) is 4.49. The molecule has 4 heteroatoms. The van der Waals surface area contributed by atoms with Crippen LogP contribution in [0, 0.1) is 0 Å². The molecule has 4 nitrogen and oxygen atoms in total. The monoisotopic (exact) mass is 510 g/mol. The number of esters is 1. The molecule has 0 saturated carbocycles. The predicted molar refractivity (Wildman–Crippen MR) is 154 cm³/mol. The number of carboxylic acid groups (broad SMARTS) is 1. The maximum absolute atomic E-state index is 12.4. The zero-order valence-corrected chi connectivity index (χ0v) is 24.3. The molecule has 0 aromatic heterocycles. The molecule has 0 radical (unpaired) electrons. The second-order valence-electron chi connectivity index (χ2n) is 11.0. The fourth-order valence-electron chi connectivity index (χ4n) is 4.95. The molecule has 0 rings (SSSR count). The van der Waals surface area contributed by atoms with Crippen LogP contribution in [0.1, 0.15) is 187 Å². The molecule has 0 heterocycles. The highest BCUT2D eigenvalue weighted by molar-refractivity contribution is 5.69. The third-order valence-corrected chi connectivity index (χ3v) is 7.33. The van der Waals surface area contributed by atoms with Crippen molar-refractivity contribution in [3.63, 3.8) is 0 Å². The SMILES string of the molecule is CCCCCCCCCCCCCCCC(CCCCCCCC(=O)O)OC(=O)CCCCCCC. The first-order chi connectivity index (χ1) is 17.6. The highest BCUT2D eigenvalue weighted by atomic mass is 16.5. The molecule has 0 fully saturated rings. The molecule has 0 aromatic carbocycles. The van der Waals surface area contributed by atoms with Gasteiger partial charge >= 0.3 is 11.9 Å². The molecule has 1 atom stereocenters. The van der Waals surface area contributed by atoms with Gasteiger partial charge in [0.25, 0.3) is 0 Å². The number of carbonyl (C=O) groups is 2. The van der Waals surface area contributed by atoms with E-state index >= 15 is 0 Å². The van der Waals surface area contributed by atoms with E-state index in [1.54, 1.807) is 0 Å². The quantitative estimate of drug-likeness (QED) is 0.0802. The van der Waals surface area contributed by atoms with Crippen LogP contribution in [0.15, 0.2) is 0 Å². The van der Waals surface area contributed by atoms with Crippen molar-refractivity contribution in [1.82, 2.24) is 0 Å². The van der Waals surface area contributed by atoms with Gasteiger partial charge < -0.3 is 9.84 Å². The Bertz CT molecular complexity index is 477. The Kier molecular flexibility index (Phi) is 27.7. The molecule has 0 aliphatic heterocycles. The van der Waals surface area contributed by atoms with E-state index in [1.165, 1.54) is 96.3 Å². The van der Waals surface area contributed by atoms with E-state index in [0.717, 1.165) is 64.2 Å². The number of unbranched alkanes of at least 4 members (excludes halogenated alkanes) is 20. The van der Waals surface area contributed by atoms with E-state index < -0.39 is 5.97 Å². The molecule has 0 spiro atoms. The smallest absolute Gasteiger partial charge is 0.306 e. The highest BCUT2D eigenvalue weighted by Gasteiger charge is 2.14. The molecule has 1 N–H and O–H groups in total. The van der Waals surface area contributed by atoms with Gasteiger partial charge in [0.15, 0.2) is 0 Å². The zero-order chi connectivity index (χ0) is 26.5. The molecule has 214 valence electrons. The van der Waals surface area contributed by atoms with Crippen molar-refractivity contribution in [3.05, 3.63) is 0 Å². The van der Waals surface area contributed by atoms with E-state index in [-0.39, 0.29) is 18.5 Å². The molecular formula is C32H62O4. The lowest BCUT2D eigenvalue weighted by atomic mass is 10.0. The molecule has 0 amide bonds.